The number of carbonyl (C=O) groups excluding carboxylic acids is 1. The summed E-state index contributed by atoms with van der Waals surface area (Å²) in [6.45, 7) is 10.4. The summed E-state index contributed by atoms with van der Waals surface area (Å²) in [5.74, 6) is 6.99. The van der Waals surface area contributed by atoms with Crippen molar-refractivity contribution in [1.29, 1.82) is 5.26 Å². The Morgan fingerprint density at radius 1 is 1.14 bits per heavy atom. The van der Waals surface area contributed by atoms with Crippen LogP contribution in [0, 0.1) is 42.6 Å². The lowest BCUT2D eigenvalue weighted by Gasteiger charge is -2.29. The molecule has 1 fully saturated rings. The van der Waals surface area contributed by atoms with E-state index < -0.39 is 0 Å². The van der Waals surface area contributed by atoms with Gasteiger partial charge in [-0.05, 0) is 67.6 Å². The normalized spacial score (nSPS) is 13.2. The van der Waals surface area contributed by atoms with E-state index in [2.05, 4.69) is 33.0 Å². The number of benzene rings is 2. The largest absolute Gasteiger partial charge is 0.483 e. The fourth-order valence-corrected chi connectivity index (χ4v) is 3.81. The molecular weight excluding hydrogens is 438 g/mol. The number of aryl methyl sites for hydroxylation is 1. The molecule has 1 amide bonds. The van der Waals surface area contributed by atoms with Gasteiger partial charge in [0.1, 0.15) is 11.4 Å². The van der Waals surface area contributed by atoms with Gasteiger partial charge in [-0.15, -0.1) is 5.10 Å². The van der Waals surface area contributed by atoms with Crippen LogP contribution in [0.1, 0.15) is 29.8 Å². The zero-order valence-corrected chi connectivity index (χ0v) is 19.4. The molecule has 3 aromatic rings. The summed E-state index contributed by atoms with van der Waals surface area (Å²) in [6.07, 6.45) is 1.60. The smallest absolute Gasteiger partial charge is 0.260 e. The van der Waals surface area contributed by atoms with Crippen LogP contribution in [0.4, 0.5) is 5.69 Å². The van der Waals surface area contributed by atoms with Crippen LogP contribution in [0.2, 0.25) is 0 Å². The molecule has 4 rings (SSSR count). The molecule has 7 heteroatoms. The quantitative estimate of drug-likeness (QED) is 0.421. The van der Waals surface area contributed by atoms with Crippen LogP contribution >= 0.6 is 0 Å². The van der Waals surface area contributed by atoms with Crippen molar-refractivity contribution in [2.75, 3.05) is 19.7 Å². The van der Waals surface area contributed by atoms with E-state index in [0.717, 1.165) is 24.1 Å². The van der Waals surface area contributed by atoms with E-state index in [0.29, 0.717) is 41.3 Å². The summed E-state index contributed by atoms with van der Waals surface area (Å²) in [6, 6.07) is 18.0. The highest BCUT2D eigenvalue weighted by Crippen LogP contribution is 2.34. The molecule has 7 nitrogen and oxygen atoms in total. The summed E-state index contributed by atoms with van der Waals surface area (Å²) >= 11 is 0. The molecule has 0 bridgehead atoms. The van der Waals surface area contributed by atoms with E-state index in [1.807, 2.05) is 31.2 Å². The van der Waals surface area contributed by atoms with Gasteiger partial charge in [0, 0.05) is 24.6 Å². The molecule has 0 spiro atoms. The molecule has 0 atom stereocenters. The highest BCUT2D eigenvalue weighted by atomic mass is 16.5. The summed E-state index contributed by atoms with van der Waals surface area (Å²) < 4.78 is 5.90. The van der Waals surface area contributed by atoms with Crippen molar-refractivity contribution in [1.82, 2.24) is 15.1 Å². The standard InChI is InChI=1S/C28H23N5O2/c1-20-3-9-24(32-31-20)10-6-21-13-15-33(16-14-21)28(34)19-35-27-12-11-25(30-2)17-26(27)23-7-4-22(18-29)5-8-23/h3-5,7-9,11-12,17,21H,13-16,19H2,1H3. The second kappa shape index (κ2) is 11.0. The highest BCUT2D eigenvalue weighted by Gasteiger charge is 2.22. The lowest BCUT2D eigenvalue weighted by atomic mass is 9.97. The maximum absolute atomic E-state index is 12.8. The minimum absolute atomic E-state index is 0.0826. The Kier molecular flexibility index (Phi) is 7.36. The number of piperidine rings is 1. The maximum atomic E-state index is 12.8. The molecule has 0 aliphatic carbocycles. The first kappa shape index (κ1) is 23.5. The number of hydrogen-bond acceptors (Lipinski definition) is 5. The minimum Gasteiger partial charge on any atom is -0.483 e. The van der Waals surface area contributed by atoms with Crippen molar-refractivity contribution in [2.24, 2.45) is 5.92 Å². The van der Waals surface area contributed by atoms with E-state index in [9.17, 15) is 4.79 Å². The fourth-order valence-electron chi connectivity index (χ4n) is 3.81. The van der Waals surface area contributed by atoms with Gasteiger partial charge in [0.15, 0.2) is 12.3 Å². The molecule has 35 heavy (non-hydrogen) atoms. The summed E-state index contributed by atoms with van der Waals surface area (Å²) in [7, 11) is 0. The molecule has 1 aromatic heterocycles. The van der Waals surface area contributed by atoms with Crippen molar-refractivity contribution < 1.29 is 9.53 Å². The van der Waals surface area contributed by atoms with Crippen molar-refractivity contribution in [3.63, 3.8) is 0 Å². The van der Waals surface area contributed by atoms with Gasteiger partial charge in [-0.2, -0.15) is 10.4 Å². The predicted molar refractivity (Wildman–Crippen MR) is 131 cm³/mol. The fraction of sp³-hybridized carbons (Fsp3) is 0.250. The monoisotopic (exact) mass is 461 g/mol. The van der Waals surface area contributed by atoms with Crippen LogP contribution < -0.4 is 4.74 Å². The summed E-state index contributed by atoms with van der Waals surface area (Å²) in [4.78, 5) is 18.1. The number of nitriles is 1. The molecule has 1 saturated heterocycles. The van der Waals surface area contributed by atoms with Crippen molar-refractivity contribution >= 4 is 11.6 Å². The first-order chi connectivity index (χ1) is 17.1. The number of carbonyl (C=O) groups is 1. The van der Waals surface area contributed by atoms with E-state index in [1.165, 1.54) is 0 Å². The van der Waals surface area contributed by atoms with Gasteiger partial charge in [-0.1, -0.05) is 24.1 Å². The Morgan fingerprint density at radius 2 is 1.91 bits per heavy atom. The lowest BCUT2D eigenvalue weighted by Crippen LogP contribution is -2.40. The number of hydrogen-bond donors (Lipinski definition) is 0. The van der Waals surface area contributed by atoms with Crippen LogP contribution in [0.15, 0.2) is 54.6 Å². The third-order valence-corrected chi connectivity index (χ3v) is 5.82. The van der Waals surface area contributed by atoms with Crippen molar-refractivity contribution in [2.45, 2.75) is 19.8 Å². The van der Waals surface area contributed by atoms with Crippen molar-refractivity contribution in [3.05, 3.63) is 83.0 Å². The SMILES string of the molecule is [C-]#[N+]c1ccc(OCC(=O)N2CCC(C#Cc3ccc(C)nn3)CC2)c(-c2ccc(C#N)cc2)c1. The lowest BCUT2D eigenvalue weighted by molar-refractivity contribution is -0.134. The van der Waals surface area contributed by atoms with Gasteiger partial charge >= 0.3 is 0 Å². The van der Waals surface area contributed by atoms with Gasteiger partial charge in [-0.25, -0.2) is 4.85 Å². The van der Waals surface area contributed by atoms with Gasteiger partial charge in [0.05, 0.1) is 23.9 Å². The number of rotatable bonds is 4. The van der Waals surface area contributed by atoms with E-state index >= 15 is 0 Å². The van der Waals surface area contributed by atoms with E-state index in [-0.39, 0.29) is 18.4 Å². The molecule has 2 aromatic carbocycles. The van der Waals surface area contributed by atoms with Gasteiger partial charge in [0.25, 0.3) is 5.91 Å². The van der Waals surface area contributed by atoms with Crippen LogP contribution in [0.3, 0.4) is 0 Å². The highest BCUT2D eigenvalue weighted by molar-refractivity contribution is 5.79. The predicted octanol–water partition coefficient (Wildman–Crippen LogP) is 4.54. The molecule has 172 valence electrons. The Labute approximate surface area is 204 Å². The zero-order valence-electron chi connectivity index (χ0n) is 19.4. The van der Waals surface area contributed by atoms with Gasteiger partial charge in [0.2, 0.25) is 0 Å². The third-order valence-electron chi connectivity index (χ3n) is 5.82. The minimum atomic E-state index is -0.0874. The topological polar surface area (TPSA) is 83.5 Å². The zero-order chi connectivity index (χ0) is 24.6. The van der Waals surface area contributed by atoms with Crippen LogP contribution in [0.25, 0.3) is 16.0 Å². The Bertz CT molecular complexity index is 1350. The number of nitrogens with zero attached hydrogens (tertiary/aromatic N) is 5. The van der Waals surface area contributed by atoms with Crippen molar-refractivity contribution in [3.8, 4) is 34.8 Å². The number of likely N-dealkylation sites (tertiary alicyclic amines) is 1. The molecule has 0 radical (unpaired) electrons. The first-order valence-corrected chi connectivity index (χ1v) is 11.3. The van der Waals surface area contributed by atoms with Gasteiger partial charge in [-0.3, -0.25) is 4.79 Å². The number of ether oxygens (including phenoxy) is 1. The average molecular weight is 462 g/mol. The number of aromatic nitrogens is 2. The Morgan fingerprint density at radius 3 is 2.57 bits per heavy atom. The van der Waals surface area contributed by atoms with Crippen LogP contribution in [0.5, 0.6) is 5.75 Å². The average Bonchev–Trinajstić information content (AvgIpc) is 2.91. The molecular formula is C28H23N5O2. The molecule has 0 N–H and O–H groups in total. The molecule has 2 heterocycles. The second-order valence-electron chi connectivity index (χ2n) is 8.25. The number of amides is 1. The molecule has 0 saturated carbocycles. The van der Waals surface area contributed by atoms with E-state index in [4.69, 9.17) is 16.6 Å². The summed E-state index contributed by atoms with van der Waals surface area (Å²) in [5.41, 5.74) is 4.06. The second-order valence-corrected chi connectivity index (χ2v) is 8.25. The Balaban J connectivity index is 1.36. The summed E-state index contributed by atoms with van der Waals surface area (Å²) in [5, 5.41) is 17.1. The third kappa shape index (κ3) is 6.02. The Hall–Kier alpha value is -4.67. The molecule has 1 aliphatic rings. The molecule has 0 unspecified atom stereocenters. The van der Waals surface area contributed by atoms with Crippen LogP contribution in [-0.2, 0) is 4.79 Å². The van der Waals surface area contributed by atoms with Crippen LogP contribution in [-0.4, -0.2) is 40.7 Å². The molecule has 1 aliphatic heterocycles. The van der Waals surface area contributed by atoms with E-state index in [1.54, 1.807) is 35.2 Å². The maximum Gasteiger partial charge on any atom is 0.260 e. The van der Waals surface area contributed by atoms with Gasteiger partial charge < -0.3 is 9.64 Å². The first-order valence-electron chi connectivity index (χ1n) is 11.3.